The van der Waals surface area contributed by atoms with Crippen LogP contribution in [0.15, 0.2) is 104 Å². The van der Waals surface area contributed by atoms with Crippen molar-refractivity contribution in [3.8, 4) is 33.6 Å². The second-order valence-corrected chi connectivity index (χ2v) is 21.0. The highest BCUT2D eigenvalue weighted by Crippen LogP contribution is 2.51. The smallest absolute Gasteiger partial charge is 0.194 e. The Morgan fingerprint density at radius 3 is 1.92 bits per heavy atom. The van der Waals surface area contributed by atoms with E-state index < -0.39 is 8.07 Å². The van der Waals surface area contributed by atoms with Crippen LogP contribution < -0.4 is 14.3 Å². The average molecular weight is 649 g/mol. The topological polar surface area (TPSA) is 7.76 Å². The Hall–Kier alpha value is -4.08. The van der Waals surface area contributed by atoms with Crippen LogP contribution >= 0.6 is 0 Å². The number of rotatable bonds is 7. The van der Waals surface area contributed by atoms with Crippen LogP contribution in [0.2, 0.25) is 19.6 Å². The fraction of sp³-hybridized carbons (Fsp3) is 0.333. The molecule has 2 aliphatic rings. The van der Waals surface area contributed by atoms with Gasteiger partial charge in [-0.2, -0.15) is 9.13 Å². The maximum atomic E-state index is 4.34. The van der Waals surface area contributed by atoms with E-state index in [2.05, 4.69) is 174 Å². The number of allylic oxidation sites excluding steroid dienone is 1. The van der Waals surface area contributed by atoms with E-state index in [-0.39, 0.29) is 18.0 Å². The maximum absolute atomic E-state index is 4.34. The molecular weight excluding hydrogens is 597 g/mol. The van der Waals surface area contributed by atoms with E-state index in [0.717, 1.165) is 6.42 Å². The van der Waals surface area contributed by atoms with E-state index in [9.17, 15) is 0 Å². The fourth-order valence-electron chi connectivity index (χ4n) is 8.74. The largest absolute Gasteiger partial charge is 0.213 e. The Morgan fingerprint density at radius 2 is 1.29 bits per heavy atom. The maximum Gasteiger partial charge on any atom is 0.213 e. The first-order valence-corrected chi connectivity index (χ1v) is 21.5. The summed E-state index contributed by atoms with van der Waals surface area (Å²) in [7, 11) is -1.64. The van der Waals surface area contributed by atoms with Gasteiger partial charge in [-0.25, -0.2) is 0 Å². The molecule has 0 radical (unpaired) electrons. The van der Waals surface area contributed by atoms with Crippen LogP contribution in [0, 0.1) is 13.8 Å². The summed E-state index contributed by atoms with van der Waals surface area (Å²) in [6.45, 7) is 25.7. The lowest BCUT2D eigenvalue weighted by Gasteiger charge is -2.34. The molecule has 0 fully saturated rings. The van der Waals surface area contributed by atoms with Crippen LogP contribution in [0.25, 0.3) is 33.6 Å². The highest BCUT2D eigenvalue weighted by molar-refractivity contribution is 6.89. The summed E-state index contributed by atoms with van der Waals surface area (Å²) < 4.78 is 5.32. The molecule has 5 aromatic rings. The van der Waals surface area contributed by atoms with Crippen LogP contribution in [-0.2, 0) is 0 Å². The molecule has 244 valence electrons. The number of aryl methyl sites for hydroxylation is 2. The lowest BCUT2D eigenvalue weighted by molar-refractivity contribution is -0.745. The van der Waals surface area contributed by atoms with Crippen molar-refractivity contribution < 1.29 is 9.13 Å². The van der Waals surface area contributed by atoms with Gasteiger partial charge in [-0.3, -0.25) is 0 Å². The van der Waals surface area contributed by atoms with Gasteiger partial charge in [0.05, 0.1) is 19.2 Å². The van der Waals surface area contributed by atoms with Gasteiger partial charge < -0.3 is 0 Å². The van der Waals surface area contributed by atoms with Crippen molar-refractivity contribution in [3.05, 3.63) is 137 Å². The Kier molecular flexibility index (Phi) is 8.19. The van der Waals surface area contributed by atoms with Gasteiger partial charge in [0.15, 0.2) is 24.5 Å². The third kappa shape index (κ3) is 5.22. The normalized spacial score (nSPS) is 18.0. The van der Waals surface area contributed by atoms with Crippen LogP contribution in [0.5, 0.6) is 0 Å². The second-order valence-electron chi connectivity index (χ2n) is 16.0. The molecule has 2 nitrogen and oxygen atoms in total. The highest BCUT2D eigenvalue weighted by atomic mass is 28.3. The first-order chi connectivity index (χ1) is 22.9. The zero-order chi connectivity index (χ0) is 34.1. The molecule has 3 unspecified atom stereocenters. The average Bonchev–Trinajstić information content (AvgIpc) is 3.36. The number of aromatic nitrogens is 2. The summed E-state index contributed by atoms with van der Waals surface area (Å²) in [5.41, 5.74) is 16.5. The molecule has 48 heavy (non-hydrogen) atoms. The van der Waals surface area contributed by atoms with E-state index in [1.807, 2.05) is 0 Å². The SMILES string of the molecule is C=CCC1C(C2c3ccccc3-c3cc(C(C)C)c(-c4ccc(C)cc4C)c[n+]32)c2ccccc2-c2cc(C(C)C)c([Si](C)(C)C)c[n+]21. The Bertz CT molecular complexity index is 2060. The molecule has 2 aliphatic heterocycles. The molecule has 4 heterocycles. The van der Waals surface area contributed by atoms with E-state index in [1.165, 1.54) is 67.0 Å². The first-order valence-electron chi connectivity index (χ1n) is 18.0. The summed E-state index contributed by atoms with van der Waals surface area (Å²) in [5.74, 6) is 1.10. The minimum absolute atomic E-state index is 0.147. The van der Waals surface area contributed by atoms with Gasteiger partial charge >= 0.3 is 0 Å². The van der Waals surface area contributed by atoms with Crippen LogP contribution in [0.4, 0.5) is 0 Å². The van der Waals surface area contributed by atoms with Crippen molar-refractivity contribution in [1.29, 1.82) is 0 Å². The zero-order valence-electron chi connectivity index (χ0n) is 30.4. The third-order valence-corrected chi connectivity index (χ3v) is 13.0. The predicted octanol–water partition coefficient (Wildman–Crippen LogP) is 10.5. The van der Waals surface area contributed by atoms with Gasteiger partial charge in [-0.05, 0) is 65.6 Å². The van der Waals surface area contributed by atoms with E-state index in [0.29, 0.717) is 11.8 Å². The lowest BCUT2D eigenvalue weighted by atomic mass is 9.75. The summed E-state index contributed by atoms with van der Waals surface area (Å²) in [6.07, 6.45) is 8.15. The summed E-state index contributed by atoms with van der Waals surface area (Å²) in [6, 6.07) is 30.8. The summed E-state index contributed by atoms with van der Waals surface area (Å²) in [5, 5.41) is 1.58. The molecular formula is C45H52N2Si+2. The highest BCUT2D eigenvalue weighted by Gasteiger charge is 2.52. The van der Waals surface area contributed by atoms with E-state index in [4.69, 9.17) is 0 Å². The standard InChI is InChI=1S/C45H52N2Si/c1-11-16-40-44(35-19-14-12-17-33(35)41-25-38(29(4)5)43(27-46(40)41)48(8,9)10)45-36-20-15-13-18-34(36)42-24-37(28(2)3)39(26-47(42)45)32-22-21-30(6)23-31(32)7/h11-15,17-29,40,44-45H,1,16H2,2-10H3/q+2. The predicted molar refractivity (Wildman–Crippen MR) is 205 cm³/mol. The van der Waals surface area contributed by atoms with Crippen molar-refractivity contribution in [2.24, 2.45) is 0 Å². The molecule has 0 saturated heterocycles. The molecule has 0 N–H and O–H groups in total. The van der Waals surface area contributed by atoms with Gasteiger partial charge in [0, 0.05) is 34.9 Å². The van der Waals surface area contributed by atoms with Gasteiger partial charge in [0.25, 0.3) is 0 Å². The summed E-state index contributed by atoms with van der Waals surface area (Å²) in [4.78, 5) is 0. The molecule has 3 atom stereocenters. The molecule has 2 aromatic heterocycles. The molecule has 0 saturated carbocycles. The van der Waals surface area contributed by atoms with Crippen molar-refractivity contribution in [1.82, 2.24) is 0 Å². The number of hydrogen-bond donors (Lipinski definition) is 0. The zero-order valence-corrected chi connectivity index (χ0v) is 31.4. The molecule has 0 amide bonds. The number of hydrogen-bond acceptors (Lipinski definition) is 0. The van der Waals surface area contributed by atoms with E-state index >= 15 is 0 Å². The molecule has 0 aliphatic carbocycles. The quantitative estimate of drug-likeness (QED) is 0.0943. The Balaban J connectivity index is 1.53. The number of pyridine rings is 2. The number of fused-ring (bicyclic) bond motifs is 6. The van der Waals surface area contributed by atoms with Crippen LogP contribution in [-0.4, -0.2) is 8.07 Å². The fourth-order valence-corrected chi connectivity index (χ4v) is 10.5. The van der Waals surface area contributed by atoms with Crippen molar-refractivity contribution >= 4 is 13.3 Å². The van der Waals surface area contributed by atoms with Gasteiger partial charge in [-0.15, -0.1) is 6.58 Å². The second kappa shape index (κ2) is 12.1. The molecule has 0 spiro atoms. The number of benzene rings is 3. The van der Waals surface area contributed by atoms with Gasteiger partial charge in [0.1, 0.15) is 5.92 Å². The van der Waals surface area contributed by atoms with Crippen LogP contribution in [0.3, 0.4) is 0 Å². The monoisotopic (exact) mass is 648 g/mol. The van der Waals surface area contributed by atoms with Crippen LogP contribution in [0.1, 0.15) is 97.3 Å². The van der Waals surface area contributed by atoms with Crippen molar-refractivity contribution in [2.75, 3.05) is 0 Å². The Morgan fingerprint density at radius 1 is 0.688 bits per heavy atom. The van der Waals surface area contributed by atoms with Crippen molar-refractivity contribution in [2.45, 2.75) is 97.4 Å². The summed E-state index contributed by atoms with van der Waals surface area (Å²) >= 11 is 0. The Labute approximate surface area is 289 Å². The minimum Gasteiger partial charge on any atom is -0.194 e. The molecule has 3 heteroatoms. The third-order valence-electron chi connectivity index (χ3n) is 11.0. The van der Waals surface area contributed by atoms with Gasteiger partial charge in [-0.1, -0.05) is 114 Å². The molecule has 3 aromatic carbocycles. The lowest BCUT2D eigenvalue weighted by Crippen LogP contribution is -2.56. The van der Waals surface area contributed by atoms with Gasteiger partial charge in [0.2, 0.25) is 11.4 Å². The first kappa shape index (κ1) is 32.5. The van der Waals surface area contributed by atoms with E-state index in [1.54, 1.807) is 5.19 Å². The van der Waals surface area contributed by atoms with Crippen molar-refractivity contribution in [3.63, 3.8) is 0 Å². The molecule has 7 rings (SSSR count). The minimum atomic E-state index is -1.64. The number of nitrogens with zero attached hydrogens (tertiary/aromatic N) is 2. The molecule has 0 bridgehead atoms.